The number of nitrogens with two attached hydrogens (primary N) is 1. The molecular weight excluding hydrogens is 351 g/mol. The fourth-order valence-electron chi connectivity index (χ4n) is 3.81. The molecule has 1 heterocycles. The number of hydrogen-bond acceptors (Lipinski definition) is 2. The van der Waals surface area contributed by atoms with Gasteiger partial charge in [-0.25, -0.2) is 0 Å². The van der Waals surface area contributed by atoms with Gasteiger partial charge in [-0.05, 0) is 55.0 Å². The first-order valence-corrected chi connectivity index (χ1v) is 9.43. The zero-order valence-electron chi connectivity index (χ0n) is 14.2. The lowest BCUT2D eigenvalue weighted by Gasteiger charge is -2.39. The maximum Gasteiger partial charge on any atom is 0.0597 e. The molecule has 0 bridgehead atoms. The second-order valence-electron chi connectivity index (χ2n) is 6.92. The van der Waals surface area contributed by atoms with Crippen LogP contribution in [0, 0.1) is 5.92 Å². The van der Waals surface area contributed by atoms with Gasteiger partial charge in [-0.2, -0.15) is 0 Å². The molecule has 1 saturated heterocycles. The van der Waals surface area contributed by atoms with E-state index in [1.54, 1.807) is 0 Å². The zero-order chi connectivity index (χ0) is 17.9. The first-order chi connectivity index (χ1) is 12.0. The van der Waals surface area contributed by atoms with Crippen LogP contribution in [0.3, 0.4) is 0 Å². The molecule has 0 amide bonds. The van der Waals surface area contributed by atoms with Gasteiger partial charge in [0.15, 0.2) is 0 Å². The Morgan fingerprint density at radius 1 is 1.00 bits per heavy atom. The van der Waals surface area contributed by atoms with Gasteiger partial charge >= 0.3 is 0 Å². The summed E-state index contributed by atoms with van der Waals surface area (Å²) in [4.78, 5) is 0. The molecule has 3 unspecified atom stereocenters. The number of hydrogen-bond donors (Lipinski definition) is 2. The molecule has 2 aromatic carbocycles. The van der Waals surface area contributed by atoms with Gasteiger partial charge in [0.05, 0.1) is 5.54 Å². The normalized spacial score (nSPS) is 27.7. The molecule has 3 atom stereocenters. The van der Waals surface area contributed by atoms with Gasteiger partial charge < -0.3 is 11.1 Å². The maximum atomic E-state index is 6.49. The SMILES string of the molecule is C=C1NCC2CC(c3ccc(Cl)cc3)CCC12N.Clc1ccccc1. The van der Waals surface area contributed by atoms with Crippen LogP contribution in [0.4, 0.5) is 0 Å². The molecule has 132 valence electrons. The van der Waals surface area contributed by atoms with Crippen LogP contribution >= 0.6 is 23.2 Å². The molecule has 4 rings (SSSR count). The highest BCUT2D eigenvalue weighted by atomic mass is 35.5. The maximum absolute atomic E-state index is 6.49. The Hall–Kier alpha value is -1.48. The van der Waals surface area contributed by atoms with Crippen LogP contribution in [-0.2, 0) is 0 Å². The molecular formula is C21H24Cl2N2. The predicted octanol–water partition coefficient (Wildman–Crippen LogP) is 5.38. The summed E-state index contributed by atoms with van der Waals surface area (Å²) in [6, 6.07) is 17.7. The van der Waals surface area contributed by atoms with E-state index in [1.165, 1.54) is 5.56 Å². The van der Waals surface area contributed by atoms with E-state index in [2.05, 4.69) is 24.0 Å². The van der Waals surface area contributed by atoms with Crippen LogP contribution in [0.5, 0.6) is 0 Å². The summed E-state index contributed by atoms with van der Waals surface area (Å²) in [7, 11) is 0. The van der Waals surface area contributed by atoms with Crippen molar-refractivity contribution < 1.29 is 0 Å². The number of fused-ring (bicyclic) bond motifs is 1. The van der Waals surface area contributed by atoms with E-state index in [4.69, 9.17) is 28.9 Å². The number of benzene rings is 2. The van der Waals surface area contributed by atoms with Gasteiger partial charge in [-0.3, -0.25) is 0 Å². The fraction of sp³-hybridized carbons (Fsp3) is 0.333. The summed E-state index contributed by atoms with van der Waals surface area (Å²) >= 11 is 11.5. The molecule has 0 aromatic heterocycles. The smallest absolute Gasteiger partial charge is 0.0597 e. The Morgan fingerprint density at radius 3 is 2.24 bits per heavy atom. The lowest BCUT2D eigenvalue weighted by Crippen LogP contribution is -2.48. The van der Waals surface area contributed by atoms with Gasteiger partial charge in [-0.1, -0.05) is 60.1 Å². The first-order valence-electron chi connectivity index (χ1n) is 8.67. The van der Waals surface area contributed by atoms with Crippen LogP contribution in [0.2, 0.25) is 10.0 Å². The van der Waals surface area contributed by atoms with E-state index >= 15 is 0 Å². The topological polar surface area (TPSA) is 38.0 Å². The van der Waals surface area contributed by atoms with Crippen molar-refractivity contribution in [1.29, 1.82) is 0 Å². The lowest BCUT2D eigenvalue weighted by molar-refractivity contribution is 0.242. The average Bonchev–Trinajstić information content (AvgIpc) is 2.91. The number of nitrogens with one attached hydrogen (secondary N) is 1. The Kier molecular flexibility index (Phi) is 5.73. The molecule has 25 heavy (non-hydrogen) atoms. The Labute approximate surface area is 160 Å². The van der Waals surface area contributed by atoms with Gasteiger partial charge in [0.25, 0.3) is 0 Å². The van der Waals surface area contributed by atoms with E-state index in [1.807, 2.05) is 42.5 Å². The molecule has 0 spiro atoms. The molecule has 2 aromatic rings. The first kappa shape index (κ1) is 18.3. The van der Waals surface area contributed by atoms with Crippen LogP contribution in [0.25, 0.3) is 0 Å². The molecule has 2 fully saturated rings. The fourth-order valence-corrected chi connectivity index (χ4v) is 4.09. The van der Waals surface area contributed by atoms with Crippen LogP contribution in [-0.4, -0.2) is 12.1 Å². The van der Waals surface area contributed by atoms with E-state index < -0.39 is 0 Å². The summed E-state index contributed by atoms with van der Waals surface area (Å²) in [6.45, 7) is 5.04. The van der Waals surface area contributed by atoms with Crippen molar-refractivity contribution in [3.05, 3.63) is 82.5 Å². The van der Waals surface area contributed by atoms with E-state index in [-0.39, 0.29) is 5.54 Å². The lowest BCUT2D eigenvalue weighted by atomic mass is 9.68. The Morgan fingerprint density at radius 2 is 1.64 bits per heavy atom. The van der Waals surface area contributed by atoms with Crippen LogP contribution < -0.4 is 11.1 Å². The predicted molar refractivity (Wildman–Crippen MR) is 107 cm³/mol. The monoisotopic (exact) mass is 374 g/mol. The van der Waals surface area contributed by atoms with Crippen molar-refractivity contribution in [3.63, 3.8) is 0 Å². The van der Waals surface area contributed by atoms with E-state index in [0.29, 0.717) is 11.8 Å². The van der Waals surface area contributed by atoms with Crippen molar-refractivity contribution in [2.75, 3.05) is 6.54 Å². The third-order valence-corrected chi connectivity index (χ3v) is 5.91. The van der Waals surface area contributed by atoms with E-state index in [9.17, 15) is 0 Å². The number of rotatable bonds is 1. The van der Waals surface area contributed by atoms with Crippen molar-refractivity contribution in [3.8, 4) is 0 Å². The third-order valence-electron chi connectivity index (χ3n) is 5.40. The standard InChI is InChI=1S/C15H19ClN2.C6H5Cl/c1-10-15(17)7-6-12(8-13(15)9-18-10)11-2-4-14(16)5-3-11;7-6-4-2-1-3-5-6/h2-5,12-13,18H,1,6-9,17H2;1-5H. The van der Waals surface area contributed by atoms with Crippen LogP contribution in [0.1, 0.15) is 30.7 Å². The van der Waals surface area contributed by atoms with Crippen molar-refractivity contribution in [2.45, 2.75) is 30.7 Å². The molecule has 1 saturated carbocycles. The average molecular weight is 375 g/mol. The molecule has 4 heteroatoms. The van der Waals surface area contributed by atoms with Crippen molar-refractivity contribution in [2.24, 2.45) is 11.7 Å². The highest BCUT2D eigenvalue weighted by Gasteiger charge is 2.46. The largest absolute Gasteiger partial charge is 0.387 e. The van der Waals surface area contributed by atoms with Gasteiger partial charge in [-0.15, -0.1) is 0 Å². The second kappa shape index (κ2) is 7.82. The highest BCUT2D eigenvalue weighted by molar-refractivity contribution is 6.30. The molecule has 2 aliphatic rings. The summed E-state index contributed by atoms with van der Waals surface area (Å²) in [5.41, 5.74) is 8.73. The van der Waals surface area contributed by atoms with Gasteiger partial charge in [0.1, 0.15) is 0 Å². The summed E-state index contributed by atoms with van der Waals surface area (Å²) in [5, 5.41) is 4.94. The minimum Gasteiger partial charge on any atom is -0.387 e. The third kappa shape index (κ3) is 4.20. The second-order valence-corrected chi connectivity index (χ2v) is 7.79. The zero-order valence-corrected chi connectivity index (χ0v) is 15.7. The minimum atomic E-state index is -0.178. The molecule has 3 N–H and O–H groups in total. The summed E-state index contributed by atoms with van der Waals surface area (Å²) < 4.78 is 0. The summed E-state index contributed by atoms with van der Waals surface area (Å²) in [5.74, 6) is 1.12. The molecule has 1 aliphatic carbocycles. The van der Waals surface area contributed by atoms with Gasteiger partial charge in [0.2, 0.25) is 0 Å². The Balaban J connectivity index is 0.000000219. The number of halogens is 2. The van der Waals surface area contributed by atoms with E-state index in [0.717, 1.165) is 41.5 Å². The molecule has 1 aliphatic heterocycles. The van der Waals surface area contributed by atoms with Crippen molar-refractivity contribution in [1.82, 2.24) is 5.32 Å². The van der Waals surface area contributed by atoms with Crippen molar-refractivity contribution >= 4 is 23.2 Å². The highest BCUT2D eigenvalue weighted by Crippen LogP contribution is 2.45. The summed E-state index contributed by atoms with van der Waals surface area (Å²) in [6.07, 6.45) is 3.30. The molecule has 0 radical (unpaired) electrons. The quantitative estimate of drug-likeness (QED) is 0.703. The van der Waals surface area contributed by atoms with Gasteiger partial charge in [0, 0.05) is 28.2 Å². The molecule has 2 nitrogen and oxygen atoms in total. The van der Waals surface area contributed by atoms with Crippen LogP contribution in [0.15, 0.2) is 66.9 Å². The Bertz CT molecular complexity index is 714. The minimum absolute atomic E-state index is 0.178.